The number of hydrogen-bond donors (Lipinski definition) is 4. The minimum Gasteiger partial charge on any atom is -0.493 e. The monoisotopic (exact) mass is 447 g/mol. The Morgan fingerprint density at radius 2 is 1.93 bits per heavy atom. The maximum absolute atomic E-state index is 12.4. The quantitative estimate of drug-likeness (QED) is 0.316. The molecule has 3 rings (SSSR count). The predicted octanol–water partition coefficient (Wildman–Crippen LogP) is 1.79. The molecule has 1 atom stereocenters. The van der Waals surface area contributed by atoms with Crippen molar-refractivity contribution in [2.45, 2.75) is 22.2 Å². The van der Waals surface area contributed by atoms with Crippen LogP contribution in [0.15, 0.2) is 69.6 Å². The van der Waals surface area contributed by atoms with Crippen LogP contribution in [0.4, 0.5) is 11.5 Å². The third-order valence-corrected chi connectivity index (χ3v) is 6.05. The van der Waals surface area contributed by atoms with E-state index in [1.54, 1.807) is 19.1 Å². The Morgan fingerprint density at radius 1 is 1.20 bits per heavy atom. The minimum absolute atomic E-state index is 0.00936. The van der Waals surface area contributed by atoms with E-state index in [2.05, 4.69) is 25.0 Å². The Hall–Kier alpha value is -3.38. The largest absolute Gasteiger partial charge is 0.493 e. The zero-order valence-corrected chi connectivity index (χ0v) is 17.2. The average molecular weight is 447 g/mol. The molecule has 156 valence electrons. The smallest absolute Gasteiger partial charge is 0.263 e. The van der Waals surface area contributed by atoms with Crippen LogP contribution in [-0.4, -0.2) is 39.6 Å². The summed E-state index contributed by atoms with van der Waals surface area (Å²) in [6.07, 6.45) is 1.47. The van der Waals surface area contributed by atoms with Crippen molar-refractivity contribution in [1.29, 1.82) is 0 Å². The highest BCUT2D eigenvalue weighted by atomic mass is 32.2. The van der Waals surface area contributed by atoms with E-state index < -0.39 is 32.6 Å². The van der Waals surface area contributed by atoms with Gasteiger partial charge in [0.05, 0.1) is 16.2 Å². The number of aromatic amines is 1. The van der Waals surface area contributed by atoms with Gasteiger partial charge in [0.25, 0.3) is 15.6 Å². The molecule has 0 saturated heterocycles. The number of aromatic hydroxyl groups is 1. The zero-order valence-electron chi connectivity index (χ0n) is 15.6. The lowest BCUT2D eigenvalue weighted by Crippen LogP contribution is -2.23. The summed E-state index contributed by atoms with van der Waals surface area (Å²) >= 11 is 0.956. The maximum atomic E-state index is 12.4. The molecule has 0 radical (unpaired) electrons. The lowest BCUT2D eigenvalue weighted by Gasteiger charge is -2.12. The molecule has 2 heterocycles. The summed E-state index contributed by atoms with van der Waals surface area (Å²) in [5.41, 5.74) is -0.143. The molecule has 1 aromatic carbocycles. The van der Waals surface area contributed by atoms with Gasteiger partial charge in [0, 0.05) is 11.9 Å². The standard InChI is InChI=1S/C18H17N5O5S2/c1-11(29-18-21-15(24)10-16(25)22-18)17(26)20-12-5-7-13(8-6-12)30(27,28)23-14-4-2-3-9-19-14/h2-11H,1H3,(H,19,23)(H,20,26)(H2,21,22,24,25). The molecule has 1 unspecified atom stereocenters. The Kier molecular flexibility index (Phi) is 6.37. The number of nitrogens with one attached hydrogen (secondary N) is 3. The molecule has 0 fully saturated rings. The van der Waals surface area contributed by atoms with E-state index in [1.165, 1.54) is 36.5 Å². The van der Waals surface area contributed by atoms with E-state index >= 15 is 0 Å². The summed E-state index contributed by atoms with van der Waals surface area (Å²) in [6, 6.07) is 11.4. The van der Waals surface area contributed by atoms with Gasteiger partial charge in [-0.3, -0.25) is 14.3 Å². The summed E-state index contributed by atoms with van der Waals surface area (Å²) in [4.78, 5) is 33.8. The second-order valence-corrected chi connectivity index (χ2v) is 9.01. The topological polar surface area (TPSA) is 154 Å². The van der Waals surface area contributed by atoms with Gasteiger partial charge < -0.3 is 15.4 Å². The third kappa shape index (κ3) is 5.58. The molecule has 0 aliphatic heterocycles. The number of benzene rings is 1. The van der Waals surface area contributed by atoms with Crippen LogP contribution in [0.2, 0.25) is 0 Å². The number of anilines is 2. The molecule has 10 nitrogen and oxygen atoms in total. The number of aromatic nitrogens is 3. The van der Waals surface area contributed by atoms with Crippen molar-refractivity contribution in [3.05, 3.63) is 65.1 Å². The lowest BCUT2D eigenvalue weighted by atomic mass is 10.3. The number of nitrogens with zero attached hydrogens (tertiary/aromatic N) is 2. The van der Waals surface area contributed by atoms with Gasteiger partial charge >= 0.3 is 0 Å². The van der Waals surface area contributed by atoms with E-state index in [1.807, 2.05) is 0 Å². The molecule has 12 heteroatoms. The second-order valence-electron chi connectivity index (χ2n) is 6.00. The normalized spacial score (nSPS) is 12.2. The van der Waals surface area contributed by atoms with Gasteiger partial charge in [-0.1, -0.05) is 17.8 Å². The fourth-order valence-corrected chi connectivity index (χ4v) is 4.10. The molecule has 0 spiro atoms. The van der Waals surface area contributed by atoms with Crippen LogP contribution in [0.3, 0.4) is 0 Å². The van der Waals surface area contributed by atoms with Gasteiger partial charge in [-0.2, -0.15) is 4.98 Å². The number of thioether (sulfide) groups is 1. The third-order valence-electron chi connectivity index (χ3n) is 3.70. The molecule has 0 aliphatic rings. The molecule has 30 heavy (non-hydrogen) atoms. The first-order valence-electron chi connectivity index (χ1n) is 8.55. The first-order valence-corrected chi connectivity index (χ1v) is 10.9. The number of amides is 1. The number of carbonyl (C=O) groups excluding carboxylic acids is 1. The summed E-state index contributed by atoms with van der Waals surface area (Å²) in [5.74, 6) is -0.641. The second kappa shape index (κ2) is 8.97. The molecular weight excluding hydrogens is 430 g/mol. The first kappa shape index (κ1) is 21.3. The fraction of sp³-hybridized carbons (Fsp3) is 0.111. The van der Waals surface area contributed by atoms with Crippen molar-refractivity contribution in [2.75, 3.05) is 10.0 Å². The number of pyridine rings is 1. The van der Waals surface area contributed by atoms with Crippen LogP contribution in [-0.2, 0) is 14.8 Å². The molecule has 2 aromatic heterocycles. The zero-order chi connectivity index (χ0) is 21.7. The van der Waals surface area contributed by atoms with E-state index in [9.17, 15) is 23.1 Å². The van der Waals surface area contributed by atoms with Gasteiger partial charge in [0.2, 0.25) is 11.8 Å². The highest BCUT2D eigenvalue weighted by molar-refractivity contribution is 8.00. The van der Waals surface area contributed by atoms with E-state index in [0.717, 1.165) is 17.8 Å². The summed E-state index contributed by atoms with van der Waals surface area (Å²) in [5, 5.41) is 11.5. The van der Waals surface area contributed by atoms with Gasteiger partial charge in [-0.15, -0.1) is 0 Å². The van der Waals surface area contributed by atoms with Crippen LogP contribution in [0, 0.1) is 0 Å². The molecular formula is C18H17N5O5S2. The van der Waals surface area contributed by atoms with Gasteiger partial charge in [-0.05, 0) is 43.3 Å². The van der Waals surface area contributed by atoms with Crippen LogP contribution in [0.5, 0.6) is 5.88 Å². The molecule has 3 aromatic rings. The Morgan fingerprint density at radius 3 is 2.57 bits per heavy atom. The van der Waals surface area contributed by atoms with E-state index in [-0.39, 0.29) is 15.9 Å². The molecule has 0 saturated carbocycles. The van der Waals surface area contributed by atoms with Crippen LogP contribution in [0.25, 0.3) is 0 Å². The van der Waals surface area contributed by atoms with E-state index in [0.29, 0.717) is 5.69 Å². The van der Waals surface area contributed by atoms with Crippen LogP contribution >= 0.6 is 11.8 Å². The number of sulfonamides is 1. The Bertz CT molecular complexity index is 1200. The van der Waals surface area contributed by atoms with Crippen molar-refractivity contribution in [2.24, 2.45) is 0 Å². The number of carbonyl (C=O) groups is 1. The van der Waals surface area contributed by atoms with Gasteiger partial charge in [-0.25, -0.2) is 13.4 Å². The van der Waals surface area contributed by atoms with Crippen molar-refractivity contribution in [1.82, 2.24) is 15.0 Å². The number of hydrogen-bond acceptors (Lipinski definition) is 8. The summed E-state index contributed by atoms with van der Waals surface area (Å²) < 4.78 is 27.2. The molecule has 0 aliphatic carbocycles. The van der Waals surface area contributed by atoms with Gasteiger partial charge in [0.15, 0.2) is 5.16 Å². The van der Waals surface area contributed by atoms with Crippen LogP contribution < -0.4 is 15.6 Å². The van der Waals surface area contributed by atoms with Crippen molar-refractivity contribution < 1.29 is 18.3 Å². The summed E-state index contributed by atoms with van der Waals surface area (Å²) in [6.45, 7) is 1.60. The summed E-state index contributed by atoms with van der Waals surface area (Å²) in [7, 11) is -3.82. The molecule has 0 bridgehead atoms. The SMILES string of the molecule is CC(Sc1nc(O)cc(=O)[nH]1)C(=O)Nc1ccc(S(=O)(=O)Nc2ccccn2)cc1. The first-order chi connectivity index (χ1) is 14.2. The molecule has 1 amide bonds. The van der Waals surface area contributed by atoms with Crippen LogP contribution in [0.1, 0.15) is 6.92 Å². The highest BCUT2D eigenvalue weighted by Crippen LogP contribution is 2.22. The van der Waals surface area contributed by atoms with Gasteiger partial charge in [0.1, 0.15) is 5.82 Å². The average Bonchev–Trinajstić information content (AvgIpc) is 2.68. The Labute approximate surface area is 175 Å². The minimum atomic E-state index is -3.82. The number of H-pyrrole nitrogens is 1. The lowest BCUT2D eigenvalue weighted by molar-refractivity contribution is -0.115. The van der Waals surface area contributed by atoms with E-state index in [4.69, 9.17) is 0 Å². The number of rotatable bonds is 7. The van der Waals surface area contributed by atoms with Crippen molar-refractivity contribution in [3.8, 4) is 5.88 Å². The van der Waals surface area contributed by atoms with Crippen molar-refractivity contribution in [3.63, 3.8) is 0 Å². The Balaban J connectivity index is 1.64. The fourth-order valence-electron chi connectivity index (χ4n) is 2.28. The highest BCUT2D eigenvalue weighted by Gasteiger charge is 2.18. The maximum Gasteiger partial charge on any atom is 0.263 e. The van der Waals surface area contributed by atoms with Crippen molar-refractivity contribution >= 4 is 39.2 Å². The molecule has 4 N–H and O–H groups in total. The predicted molar refractivity (Wildman–Crippen MR) is 112 cm³/mol.